The topological polar surface area (TPSA) is 35.6 Å². The smallest absolute Gasteiger partial charge is 0.226 e. The molecule has 2 aromatic carbocycles. The van der Waals surface area contributed by atoms with Gasteiger partial charge in [0, 0.05) is 38.6 Å². The Morgan fingerprint density at radius 1 is 0.923 bits per heavy atom. The van der Waals surface area contributed by atoms with Crippen molar-refractivity contribution in [1.29, 1.82) is 0 Å². The summed E-state index contributed by atoms with van der Waals surface area (Å²) in [7, 11) is 1.89. The van der Waals surface area contributed by atoms with Crippen molar-refractivity contribution < 1.29 is 4.79 Å². The van der Waals surface area contributed by atoms with Crippen molar-refractivity contribution in [3.63, 3.8) is 0 Å². The molecule has 0 radical (unpaired) electrons. The third-order valence-electron chi connectivity index (χ3n) is 5.15. The van der Waals surface area contributed by atoms with Gasteiger partial charge in [0.1, 0.15) is 0 Å². The summed E-state index contributed by atoms with van der Waals surface area (Å²) in [6, 6.07) is 21.6. The van der Waals surface area contributed by atoms with Gasteiger partial charge in [0.15, 0.2) is 0 Å². The molecule has 0 aromatic heterocycles. The number of piperazine rings is 1. The third kappa shape index (κ3) is 4.32. The molecule has 0 saturated carbocycles. The SMILES string of the molecule is CNCC(C)C(=O)N1CCN(C(c2ccccc2)c2ccccc2)CC1. The number of carbonyl (C=O) groups excluding carboxylic acids is 1. The normalized spacial score (nSPS) is 16.7. The van der Waals surface area contributed by atoms with Crippen LogP contribution in [0.25, 0.3) is 0 Å². The van der Waals surface area contributed by atoms with Gasteiger partial charge in [0.2, 0.25) is 5.91 Å². The standard InChI is InChI=1S/C22H29N3O/c1-18(17-23-2)22(26)25-15-13-24(14-16-25)21(19-9-5-3-6-10-19)20-11-7-4-8-12-20/h3-12,18,21,23H,13-17H2,1-2H3. The van der Waals surface area contributed by atoms with E-state index in [2.05, 4.69) is 70.9 Å². The predicted molar refractivity (Wildman–Crippen MR) is 106 cm³/mol. The molecule has 4 heteroatoms. The Morgan fingerprint density at radius 2 is 1.42 bits per heavy atom. The highest BCUT2D eigenvalue weighted by atomic mass is 16.2. The van der Waals surface area contributed by atoms with E-state index in [-0.39, 0.29) is 17.9 Å². The highest BCUT2D eigenvalue weighted by Gasteiger charge is 2.29. The molecule has 3 rings (SSSR count). The van der Waals surface area contributed by atoms with Crippen molar-refractivity contribution in [3.05, 3.63) is 71.8 Å². The lowest BCUT2D eigenvalue weighted by Gasteiger charge is -2.40. The summed E-state index contributed by atoms with van der Waals surface area (Å²) in [6.07, 6.45) is 0. The Balaban J connectivity index is 1.73. The maximum absolute atomic E-state index is 12.6. The van der Waals surface area contributed by atoms with E-state index in [1.165, 1.54) is 11.1 Å². The molecule has 1 heterocycles. The second-order valence-electron chi connectivity index (χ2n) is 7.04. The van der Waals surface area contributed by atoms with Crippen LogP contribution in [0.2, 0.25) is 0 Å². The van der Waals surface area contributed by atoms with Crippen LogP contribution < -0.4 is 5.32 Å². The zero-order chi connectivity index (χ0) is 18.4. The molecule has 0 aliphatic carbocycles. The number of amides is 1. The first kappa shape index (κ1) is 18.6. The minimum atomic E-state index is 0.0330. The number of hydrogen-bond donors (Lipinski definition) is 1. The molecule has 1 aliphatic rings. The molecule has 1 saturated heterocycles. The number of rotatable bonds is 6. The number of benzene rings is 2. The Labute approximate surface area is 156 Å². The average Bonchev–Trinajstić information content (AvgIpc) is 2.70. The molecule has 4 nitrogen and oxygen atoms in total. The van der Waals surface area contributed by atoms with Gasteiger partial charge < -0.3 is 10.2 Å². The van der Waals surface area contributed by atoms with E-state index in [4.69, 9.17) is 0 Å². The zero-order valence-electron chi connectivity index (χ0n) is 15.8. The van der Waals surface area contributed by atoms with Crippen molar-refractivity contribution in [2.45, 2.75) is 13.0 Å². The Kier molecular flexibility index (Phi) is 6.42. The summed E-state index contributed by atoms with van der Waals surface area (Å²) in [4.78, 5) is 17.1. The number of carbonyl (C=O) groups is 1. The van der Waals surface area contributed by atoms with Crippen LogP contribution in [-0.4, -0.2) is 55.5 Å². The first-order valence-corrected chi connectivity index (χ1v) is 9.48. The monoisotopic (exact) mass is 351 g/mol. The van der Waals surface area contributed by atoms with Gasteiger partial charge in [-0.2, -0.15) is 0 Å². The van der Waals surface area contributed by atoms with Crippen LogP contribution in [0.1, 0.15) is 24.1 Å². The molecule has 26 heavy (non-hydrogen) atoms. The summed E-state index contributed by atoms with van der Waals surface area (Å²) in [6.45, 7) is 6.11. The van der Waals surface area contributed by atoms with E-state index in [1.54, 1.807) is 0 Å². The van der Waals surface area contributed by atoms with Crippen molar-refractivity contribution in [1.82, 2.24) is 15.1 Å². The lowest BCUT2D eigenvalue weighted by atomic mass is 9.96. The Hall–Kier alpha value is -2.17. The maximum atomic E-state index is 12.6. The van der Waals surface area contributed by atoms with Gasteiger partial charge in [-0.25, -0.2) is 0 Å². The van der Waals surface area contributed by atoms with E-state index in [0.29, 0.717) is 0 Å². The molecule has 2 aromatic rings. The van der Waals surface area contributed by atoms with Crippen molar-refractivity contribution in [2.24, 2.45) is 5.92 Å². The van der Waals surface area contributed by atoms with Gasteiger partial charge in [-0.3, -0.25) is 9.69 Å². The van der Waals surface area contributed by atoms with Crippen molar-refractivity contribution >= 4 is 5.91 Å². The van der Waals surface area contributed by atoms with Crippen molar-refractivity contribution in [3.8, 4) is 0 Å². The van der Waals surface area contributed by atoms with Crippen LogP contribution in [0.3, 0.4) is 0 Å². The quantitative estimate of drug-likeness (QED) is 0.869. The van der Waals surface area contributed by atoms with E-state index in [0.717, 1.165) is 32.7 Å². The summed E-state index contributed by atoms with van der Waals surface area (Å²) >= 11 is 0. The van der Waals surface area contributed by atoms with E-state index in [9.17, 15) is 4.79 Å². The van der Waals surface area contributed by atoms with E-state index >= 15 is 0 Å². The van der Waals surface area contributed by atoms with Gasteiger partial charge in [0.25, 0.3) is 0 Å². The van der Waals surface area contributed by atoms with Gasteiger partial charge in [-0.1, -0.05) is 67.6 Å². The summed E-state index contributed by atoms with van der Waals surface area (Å²) < 4.78 is 0. The third-order valence-corrected chi connectivity index (χ3v) is 5.15. The largest absolute Gasteiger partial charge is 0.340 e. The highest BCUT2D eigenvalue weighted by molar-refractivity contribution is 5.78. The van der Waals surface area contributed by atoms with Gasteiger partial charge in [-0.15, -0.1) is 0 Å². The fourth-order valence-corrected chi connectivity index (χ4v) is 3.79. The first-order valence-electron chi connectivity index (χ1n) is 9.48. The van der Waals surface area contributed by atoms with Crippen LogP contribution >= 0.6 is 0 Å². The van der Waals surface area contributed by atoms with Crippen LogP contribution in [0.4, 0.5) is 0 Å². The molecular formula is C22H29N3O. The van der Waals surface area contributed by atoms with Gasteiger partial charge in [-0.05, 0) is 18.2 Å². The first-order chi connectivity index (χ1) is 12.7. The van der Waals surface area contributed by atoms with Crippen LogP contribution in [0.15, 0.2) is 60.7 Å². The molecule has 1 amide bonds. The summed E-state index contributed by atoms with van der Waals surface area (Å²) in [5.41, 5.74) is 2.61. The van der Waals surface area contributed by atoms with Gasteiger partial charge >= 0.3 is 0 Å². The van der Waals surface area contributed by atoms with Crippen molar-refractivity contribution in [2.75, 3.05) is 39.8 Å². The molecule has 138 valence electrons. The Morgan fingerprint density at radius 3 is 1.88 bits per heavy atom. The predicted octanol–water partition coefficient (Wildman–Crippen LogP) is 2.78. The molecule has 1 aliphatic heterocycles. The molecule has 1 fully saturated rings. The highest BCUT2D eigenvalue weighted by Crippen LogP contribution is 2.29. The Bertz CT molecular complexity index is 642. The molecule has 0 spiro atoms. The fourth-order valence-electron chi connectivity index (χ4n) is 3.79. The second kappa shape index (κ2) is 8.97. The van der Waals surface area contributed by atoms with Gasteiger partial charge in [0.05, 0.1) is 6.04 Å². The minimum Gasteiger partial charge on any atom is -0.340 e. The van der Waals surface area contributed by atoms with Crippen LogP contribution in [0, 0.1) is 5.92 Å². The second-order valence-corrected chi connectivity index (χ2v) is 7.04. The number of hydrogen-bond acceptors (Lipinski definition) is 3. The molecule has 1 N–H and O–H groups in total. The lowest BCUT2D eigenvalue weighted by Crippen LogP contribution is -2.51. The minimum absolute atomic E-state index is 0.0330. The summed E-state index contributed by atoms with van der Waals surface area (Å²) in [5, 5.41) is 3.10. The lowest BCUT2D eigenvalue weighted by molar-refractivity contribution is -0.136. The molecule has 0 bridgehead atoms. The molecular weight excluding hydrogens is 322 g/mol. The zero-order valence-corrected chi connectivity index (χ0v) is 15.8. The average molecular weight is 351 g/mol. The van der Waals surface area contributed by atoms with E-state index < -0.39 is 0 Å². The molecule has 1 atom stereocenters. The number of nitrogens with zero attached hydrogens (tertiary/aromatic N) is 2. The maximum Gasteiger partial charge on any atom is 0.226 e. The summed E-state index contributed by atoms with van der Waals surface area (Å²) in [5.74, 6) is 0.292. The van der Waals surface area contributed by atoms with Crippen LogP contribution in [-0.2, 0) is 4.79 Å². The van der Waals surface area contributed by atoms with Crippen LogP contribution in [0.5, 0.6) is 0 Å². The molecule has 1 unspecified atom stereocenters. The number of nitrogens with one attached hydrogen (secondary N) is 1. The fraction of sp³-hybridized carbons (Fsp3) is 0.409. The van der Waals surface area contributed by atoms with E-state index in [1.807, 2.05) is 18.9 Å².